The van der Waals surface area contributed by atoms with E-state index in [0.717, 1.165) is 22.8 Å². The van der Waals surface area contributed by atoms with Gasteiger partial charge in [0.05, 0.1) is 23.4 Å². The molecule has 0 aliphatic carbocycles. The van der Waals surface area contributed by atoms with E-state index in [0.29, 0.717) is 0 Å². The number of benzene rings is 2. The molecule has 0 saturated carbocycles. The molecular weight excluding hydrogens is 284 g/mol. The standard InChI is InChI=1S/C19H18N4/c1-3-14(8-13-4-7-18-17(9-13)11-20-22-18)15-5-6-16-12-21-23(2)19(16)10-15/h4-12H,3H2,1-2H3,(H,20,22)/b14-8+. The second-order valence-corrected chi connectivity index (χ2v) is 5.78. The maximum atomic E-state index is 4.32. The van der Waals surface area contributed by atoms with Crippen LogP contribution < -0.4 is 0 Å². The molecule has 0 radical (unpaired) electrons. The van der Waals surface area contributed by atoms with Crippen molar-refractivity contribution in [1.82, 2.24) is 20.0 Å². The molecule has 2 aromatic carbocycles. The highest BCUT2D eigenvalue weighted by molar-refractivity contribution is 5.89. The molecule has 0 saturated heterocycles. The zero-order valence-corrected chi connectivity index (χ0v) is 13.2. The summed E-state index contributed by atoms with van der Waals surface area (Å²) >= 11 is 0. The van der Waals surface area contributed by atoms with E-state index in [-0.39, 0.29) is 0 Å². The van der Waals surface area contributed by atoms with Crippen LogP contribution in [0.3, 0.4) is 0 Å². The Morgan fingerprint density at radius 1 is 1.13 bits per heavy atom. The van der Waals surface area contributed by atoms with Gasteiger partial charge in [0.1, 0.15) is 0 Å². The van der Waals surface area contributed by atoms with Gasteiger partial charge in [0.15, 0.2) is 0 Å². The number of fused-ring (bicyclic) bond motifs is 2. The quantitative estimate of drug-likeness (QED) is 0.570. The fourth-order valence-corrected chi connectivity index (χ4v) is 2.99. The zero-order chi connectivity index (χ0) is 15.8. The van der Waals surface area contributed by atoms with Crippen LogP contribution in [0.1, 0.15) is 24.5 Å². The zero-order valence-electron chi connectivity index (χ0n) is 13.2. The summed E-state index contributed by atoms with van der Waals surface area (Å²) in [6.07, 6.45) is 7.00. The van der Waals surface area contributed by atoms with Crippen LogP contribution in [0.2, 0.25) is 0 Å². The minimum atomic E-state index is 0.979. The van der Waals surface area contributed by atoms with Gasteiger partial charge in [-0.3, -0.25) is 9.78 Å². The third-order valence-corrected chi connectivity index (χ3v) is 4.31. The topological polar surface area (TPSA) is 46.5 Å². The minimum absolute atomic E-state index is 0.979. The molecule has 0 fully saturated rings. The third kappa shape index (κ3) is 2.42. The van der Waals surface area contributed by atoms with Crippen LogP contribution in [-0.2, 0) is 7.05 Å². The van der Waals surface area contributed by atoms with Crippen LogP contribution in [0.5, 0.6) is 0 Å². The lowest BCUT2D eigenvalue weighted by molar-refractivity contribution is 0.797. The van der Waals surface area contributed by atoms with Crippen LogP contribution >= 0.6 is 0 Å². The van der Waals surface area contributed by atoms with Gasteiger partial charge in [0.25, 0.3) is 0 Å². The number of aromatic amines is 1. The van der Waals surface area contributed by atoms with E-state index in [1.54, 1.807) is 0 Å². The summed E-state index contributed by atoms with van der Waals surface area (Å²) < 4.78 is 1.92. The van der Waals surface area contributed by atoms with E-state index in [4.69, 9.17) is 0 Å². The fourth-order valence-electron chi connectivity index (χ4n) is 2.99. The Kier molecular flexibility index (Phi) is 3.23. The molecule has 0 bridgehead atoms. The molecule has 4 aromatic rings. The van der Waals surface area contributed by atoms with E-state index in [2.05, 4.69) is 64.7 Å². The number of H-pyrrole nitrogens is 1. The van der Waals surface area contributed by atoms with E-state index < -0.39 is 0 Å². The first-order valence-corrected chi connectivity index (χ1v) is 7.80. The number of aryl methyl sites for hydroxylation is 1. The van der Waals surface area contributed by atoms with Crippen LogP contribution in [0.4, 0.5) is 0 Å². The molecule has 23 heavy (non-hydrogen) atoms. The van der Waals surface area contributed by atoms with Crippen molar-refractivity contribution < 1.29 is 0 Å². The molecular formula is C19H18N4. The van der Waals surface area contributed by atoms with Gasteiger partial charge < -0.3 is 0 Å². The summed E-state index contributed by atoms with van der Waals surface area (Å²) in [5.41, 5.74) is 5.98. The first-order valence-electron chi connectivity index (χ1n) is 7.80. The lowest BCUT2D eigenvalue weighted by Crippen LogP contribution is -1.90. The number of aromatic nitrogens is 4. The smallest absolute Gasteiger partial charge is 0.0685 e. The highest BCUT2D eigenvalue weighted by atomic mass is 15.2. The molecule has 4 nitrogen and oxygen atoms in total. The predicted octanol–water partition coefficient (Wildman–Crippen LogP) is 4.40. The van der Waals surface area contributed by atoms with Crippen molar-refractivity contribution in [3.63, 3.8) is 0 Å². The van der Waals surface area contributed by atoms with Crippen LogP contribution in [0, 0.1) is 0 Å². The van der Waals surface area contributed by atoms with Gasteiger partial charge in [0, 0.05) is 17.8 Å². The molecule has 2 aromatic heterocycles. The second kappa shape index (κ2) is 5.39. The van der Waals surface area contributed by atoms with Crippen molar-refractivity contribution in [2.75, 3.05) is 0 Å². The van der Waals surface area contributed by atoms with Gasteiger partial charge in [-0.25, -0.2) is 0 Å². The average molecular weight is 302 g/mol. The third-order valence-electron chi connectivity index (χ3n) is 4.31. The number of nitrogens with one attached hydrogen (secondary N) is 1. The van der Waals surface area contributed by atoms with Gasteiger partial charge in [-0.05, 0) is 41.3 Å². The monoisotopic (exact) mass is 302 g/mol. The molecule has 0 aliphatic rings. The van der Waals surface area contributed by atoms with Gasteiger partial charge >= 0.3 is 0 Å². The van der Waals surface area contributed by atoms with Gasteiger partial charge in [0.2, 0.25) is 0 Å². The molecule has 1 N–H and O–H groups in total. The van der Waals surface area contributed by atoms with Crippen LogP contribution in [0.15, 0.2) is 48.8 Å². The summed E-state index contributed by atoms with van der Waals surface area (Å²) in [7, 11) is 1.98. The molecule has 0 amide bonds. The lowest BCUT2D eigenvalue weighted by atomic mass is 9.99. The Hall–Kier alpha value is -2.88. The van der Waals surface area contributed by atoms with Gasteiger partial charge in [-0.2, -0.15) is 10.2 Å². The van der Waals surface area contributed by atoms with Crippen molar-refractivity contribution in [2.24, 2.45) is 7.05 Å². The van der Waals surface area contributed by atoms with Crippen LogP contribution in [-0.4, -0.2) is 20.0 Å². The fraction of sp³-hybridized carbons (Fsp3) is 0.158. The maximum absolute atomic E-state index is 4.32. The van der Waals surface area contributed by atoms with Crippen molar-refractivity contribution in [3.05, 3.63) is 59.9 Å². The minimum Gasteiger partial charge on any atom is -0.278 e. The number of hydrogen-bond donors (Lipinski definition) is 1. The summed E-state index contributed by atoms with van der Waals surface area (Å²) in [6, 6.07) is 12.9. The highest BCUT2D eigenvalue weighted by Crippen LogP contribution is 2.26. The molecule has 4 heteroatoms. The second-order valence-electron chi connectivity index (χ2n) is 5.78. The molecule has 114 valence electrons. The molecule has 0 spiro atoms. The number of rotatable bonds is 3. The van der Waals surface area contributed by atoms with Crippen molar-refractivity contribution in [2.45, 2.75) is 13.3 Å². The Balaban J connectivity index is 1.80. The van der Waals surface area contributed by atoms with Gasteiger partial charge in [-0.1, -0.05) is 31.2 Å². The van der Waals surface area contributed by atoms with E-state index >= 15 is 0 Å². The van der Waals surface area contributed by atoms with E-state index in [9.17, 15) is 0 Å². The summed E-state index contributed by atoms with van der Waals surface area (Å²) in [4.78, 5) is 0. The van der Waals surface area contributed by atoms with Crippen LogP contribution in [0.25, 0.3) is 33.5 Å². The summed E-state index contributed by atoms with van der Waals surface area (Å²) in [5, 5.41) is 13.7. The van der Waals surface area contributed by atoms with Crippen molar-refractivity contribution in [1.29, 1.82) is 0 Å². The van der Waals surface area contributed by atoms with Gasteiger partial charge in [-0.15, -0.1) is 0 Å². The predicted molar refractivity (Wildman–Crippen MR) is 95.0 cm³/mol. The molecule has 0 aliphatic heterocycles. The first kappa shape index (κ1) is 13.8. The first-order chi connectivity index (χ1) is 11.2. The molecule has 0 unspecified atom stereocenters. The Morgan fingerprint density at radius 3 is 2.91 bits per heavy atom. The lowest BCUT2D eigenvalue weighted by Gasteiger charge is -2.07. The summed E-state index contributed by atoms with van der Waals surface area (Å²) in [6.45, 7) is 2.19. The summed E-state index contributed by atoms with van der Waals surface area (Å²) in [5.74, 6) is 0. The van der Waals surface area contributed by atoms with E-state index in [1.807, 2.05) is 24.1 Å². The Bertz CT molecular complexity index is 1020. The number of allylic oxidation sites excluding steroid dienone is 1. The largest absolute Gasteiger partial charge is 0.278 e. The SMILES string of the molecule is CC/C(=C\c1ccc2[nH]ncc2c1)c1ccc2cnn(C)c2c1. The average Bonchev–Trinajstić information content (AvgIpc) is 3.19. The Morgan fingerprint density at radius 2 is 2.04 bits per heavy atom. The molecule has 2 heterocycles. The normalized spacial score (nSPS) is 12.3. The molecule has 0 atom stereocenters. The van der Waals surface area contributed by atoms with Crippen molar-refractivity contribution in [3.8, 4) is 0 Å². The molecule has 4 rings (SSSR count). The number of nitrogens with zero attached hydrogens (tertiary/aromatic N) is 3. The highest BCUT2D eigenvalue weighted by Gasteiger charge is 2.05. The number of hydrogen-bond acceptors (Lipinski definition) is 2. The maximum Gasteiger partial charge on any atom is 0.0685 e. The van der Waals surface area contributed by atoms with Crippen molar-refractivity contribution >= 4 is 33.5 Å². The Labute approximate surface area is 134 Å². The van der Waals surface area contributed by atoms with E-state index in [1.165, 1.54) is 22.1 Å².